The summed E-state index contributed by atoms with van der Waals surface area (Å²) < 4.78 is 30.3. The molecule has 0 saturated carbocycles. The number of carbonyl (C=O) groups excluding carboxylic acids is 2. The summed E-state index contributed by atoms with van der Waals surface area (Å²) in [6.07, 6.45) is 75.2. The zero-order valence-electron chi connectivity index (χ0n) is 50.6. The number of quaternary nitrogens is 1. The highest BCUT2D eigenvalue weighted by atomic mass is 31.2. The van der Waals surface area contributed by atoms with Crippen molar-refractivity contribution < 1.29 is 37.3 Å². The third-order valence-electron chi connectivity index (χ3n) is 13.5. The molecule has 1 N–H and O–H groups in total. The minimum atomic E-state index is -4.72. The molecule has 0 fully saturated rings. The molecule has 10 heteroatoms. The summed E-state index contributed by atoms with van der Waals surface area (Å²) in [5.74, 6) is -0.612. The number of phosphoric acid groups is 1. The van der Waals surface area contributed by atoms with Crippen LogP contribution in [0.2, 0.25) is 0 Å². The van der Waals surface area contributed by atoms with E-state index >= 15 is 0 Å². The SMILES string of the molecule is CC/C=C\C/C=C\C/C=C\C/C=C\C/C=C\CCCC(=O)OC(/C=C\CCCCCCCCCCCCC)C(COP(=O)([O-])OCC[N+](C)(C)C)NC(=O)CCCCCCCCCCCCC/C=C\C/C=C\CCCCC. The van der Waals surface area contributed by atoms with Crippen molar-refractivity contribution in [1.82, 2.24) is 5.32 Å². The van der Waals surface area contributed by atoms with Crippen molar-refractivity contribution in [1.29, 1.82) is 0 Å². The summed E-state index contributed by atoms with van der Waals surface area (Å²) in [5.41, 5.74) is 0. The molecule has 0 saturated heterocycles. The minimum Gasteiger partial charge on any atom is -0.756 e. The van der Waals surface area contributed by atoms with Gasteiger partial charge >= 0.3 is 5.97 Å². The van der Waals surface area contributed by atoms with E-state index in [9.17, 15) is 19.0 Å². The monoisotopic (exact) mass is 1090 g/mol. The number of hydrogen-bond acceptors (Lipinski definition) is 7. The molecular formula is C67H119N2O7P. The van der Waals surface area contributed by atoms with Crippen LogP contribution in [-0.2, 0) is 27.9 Å². The van der Waals surface area contributed by atoms with E-state index in [2.05, 4.69) is 111 Å². The van der Waals surface area contributed by atoms with Crippen molar-refractivity contribution >= 4 is 19.7 Å². The van der Waals surface area contributed by atoms with Gasteiger partial charge in [0.1, 0.15) is 19.3 Å². The number of amides is 1. The Labute approximate surface area is 475 Å². The lowest BCUT2D eigenvalue weighted by Crippen LogP contribution is -2.47. The average Bonchev–Trinajstić information content (AvgIpc) is 3.39. The molecule has 0 heterocycles. The molecule has 0 bridgehead atoms. The van der Waals surface area contributed by atoms with Crippen LogP contribution in [-0.4, -0.2) is 69.4 Å². The van der Waals surface area contributed by atoms with Gasteiger partial charge in [-0.1, -0.05) is 247 Å². The maximum absolute atomic E-state index is 13.5. The van der Waals surface area contributed by atoms with Crippen molar-refractivity contribution in [3.05, 3.63) is 97.2 Å². The van der Waals surface area contributed by atoms with Crippen molar-refractivity contribution in [3.63, 3.8) is 0 Å². The first-order valence-corrected chi connectivity index (χ1v) is 33.0. The molecule has 0 aliphatic heterocycles. The summed E-state index contributed by atoms with van der Waals surface area (Å²) in [6, 6.07) is -0.918. The van der Waals surface area contributed by atoms with Crippen LogP contribution in [0.3, 0.4) is 0 Å². The zero-order valence-corrected chi connectivity index (χ0v) is 51.5. The number of carbonyl (C=O) groups is 2. The quantitative estimate of drug-likeness (QED) is 0.0212. The second-order valence-corrected chi connectivity index (χ2v) is 23.6. The van der Waals surface area contributed by atoms with E-state index in [0.29, 0.717) is 23.9 Å². The zero-order chi connectivity index (χ0) is 56.4. The molecule has 0 rings (SSSR count). The molecule has 9 nitrogen and oxygen atoms in total. The molecule has 0 aliphatic carbocycles. The van der Waals surface area contributed by atoms with Crippen LogP contribution in [0.15, 0.2) is 97.2 Å². The molecule has 0 radical (unpaired) electrons. The second kappa shape index (κ2) is 56.2. The Balaban J connectivity index is 5.33. The lowest BCUT2D eigenvalue weighted by Gasteiger charge is -2.30. The Morgan fingerprint density at radius 3 is 1.30 bits per heavy atom. The first-order valence-electron chi connectivity index (χ1n) is 31.5. The molecular weight excluding hydrogens is 976 g/mol. The molecule has 3 unspecified atom stereocenters. The Bertz CT molecular complexity index is 1640. The van der Waals surface area contributed by atoms with Crippen molar-refractivity contribution in [2.45, 2.75) is 277 Å². The summed E-state index contributed by atoms with van der Waals surface area (Å²) in [4.78, 5) is 40.0. The number of hydrogen-bond donors (Lipinski definition) is 1. The van der Waals surface area contributed by atoms with Gasteiger partial charge in [0.2, 0.25) is 5.91 Å². The van der Waals surface area contributed by atoms with Crippen LogP contribution in [0, 0.1) is 0 Å². The summed E-state index contributed by atoms with van der Waals surface area (Å²) >= 11 is 0. The van der Waals surface area contributed by atoms with Crippen LogP contribution >= 0.6 is 7.82 Å². The standard InChI is InChI=1S/C67H119N2O7P/c1-7-10-13-16-19-22-25-28-30-32-33-34-35-37-38-41-44-47-50-53-56-59-66(70)68-64(63-75-77(72,73)74-62-61-69(4,5)6)65(58-55-52-49-46-43-40-27-24-21-18-15-12-9-3)76-67(71)60-57-54-51-48-45-42-39-36-31-29-26-23-20-17-14-11-8-2/h11,14,19-20,22-23,28-31,39,42,48,51,55,58,64-65H,7-10,12-13,15-18,21,24-27,32-38,40-41,43-47,49-50,52-54,56-57,59-63H2,1-6H3,(H-,68,70,72,73)/b14-11-,22-19-,23-20-,30-28-,31-29-,42-39-,51-48-,58-55-. The van der Waals surface area contributed by atoms with E-state index in [1.165, 1.54) is 135 Å². The second-order valence-electron chi connectivity index (χ2n) is 22.2. The average molecular weight is 1100 g/mol. The summed E-state index contributed by atoms with van der Waals surface area (Å²) in [7, 11) is 1.15. The molecule has 444 valence electrons. The molecule has 3 atom stereocenters. The van der Waals surface area contributed by atoms with Crippen LogP contribution < -0.4 is 10.2 Å². The first-order chi connectivity index (χ1) is 37.4. The van der Waals surface area contributed by atoms with Crippen molar-refractivity contribution in [2.75, 3.05) is 40.9 Å². The van der Waals surface area contributed by atoms with E-state index in [1.807, 2.05) is 33.3 Å². The van der Waals surface area contributed by atoms with Crippen molar-refractivity contribution in [3.8, 4) is 0 Å². The fourth-order valence-corrected chi connectivity index (χ4v) is 9.37. The van der Waals surface area contributed by atoms with Gasteiger partial charge in [-0.3, -0.25) is 14.2 Å². The lowest BCUT2D eigenvalue weighted by atomic mass is 10.0. The minimum absolute atomic E-state index is 0.0353. The van der Waals surface area contributed by atoms with E-state index in [0.717, 1.165) is 89.9 Å². The van der Waals surface area contributed by atoms with Gasteiger partial charge in [0.05, 0.1) is 33.8 Å². The maximum atomic E-state index is 13.5. The van der Waals surface area contributed by atoms with Crippen LogP contribution in [0.1, 0.15) is 265 Å². The Kier molecular flexibility index (Phi) is 54.0. The summed E-state index contributed by atoms with van der Waals surface area (Å²) in [5, 5.41) is 3.02. The Morgan fingerprint density at radius 1 is 0.468 bits per heavy atom. The largest absolute Gasteiger partial charge is 0.756 e. The van der Waals surface area contributed by atoms with E-state index in [-0.39, 0.29) is 18.9 Å². The predicted molar refractivity (Wildman–Crippen MR) is 330 cm³/mol. The lowest BCUT2D eigenvalue weighted by molar-refractivity contribution is -0.870. The number of phosphoric ester groups is 1. The number of nitrogens with one attached hydrogen (secondary N) is 1. The Morgan fingerprint density at radius 2 is 0.844 bits per heavy atom. The van der Waals surface area contributed by atoms with Crippen LogP contribution in [0.4, 0.5) is 0 Å². The molecule has 0 spiro atoms. The number of rotatable bonds is 56. The number of allylic oxidation sites excluding steroid dienone is 15. The topological polar surface area (TPSA) is 114 Å². The van der Waals surface area contributed by atoms with Crippen LogP contribution in [0.5, 0.6) is 0 Å². The molecule has 77 heavy (non-hydrogen) atoms. The first kappa shape index (κ1) is 73.9. The van der Waals surface area contributed by atoms with Gasteiger partial charge in [-0.15, -0.1) is 0 Å². The van der Waals surface area contributed by atoms with Gasteiger partial charge < -0.3 is 28.5 Å². The number of likely N-dealkylation sites (N-methyl/N-ethyl adjacent to an activating group) is 1. The van der Waals surface area contributed by atoms with Crippen molar-refractivity contribution in [2.24, 2.45) is 0 Å². The molecule has 0 aromatic rings. The van der Waals surface area contributed by atoms with Gasteiger partial charge in [-0.25, -0.2) is 0 Å². The van der Waals surface area contributed by atoms with E-state index < -0.39 is 32.5 Å². The predicted octanol–water partition coefficient (Wildman–Crippen LogP) is 18.9. The third-order valence-corrected chi connectivity index (χ3v) is 14.5. The number of esters is 1. The normalized spacial score (nSPS) is 14.3. The molecule has 0 aromatic heterocycles. The van der Waals surface area contributed by atoms with Gasteiger partial charge in [0.25, 0.3) is 7.82 Å². The highest BCUT2D eigenvalue weighted by Gasteiger charge is 2.27. The Hall–Kier alpha value is -3.07. The highest BCUT2D eigenvalue weighted by Crippen LogP contribution is 2.38. The smallest absolute Gasteiger partial charge is 0.306 e. The third kappa shape index (κ3) is 57.4. The molecule has 0 aliphatic rings. The van der Waals surface area contributed by atoms with E-state index in [1.54, 1.807) is 0 Å². The van der Waals surface area contributed by atoms with Gasteiger partial charge in [-0.05, 0) is 102 Å². The van der Waals surface area contributed by atoms with Gasteiger partial charge in [-0.2, -0.15) is 0 Å². The van der Waals surface area contributed by atoms with Crippen LogP contribution in [0.25, 0.3) is 0 Å². The number of nitrogens with zero attached hydrogens (tertiary/aromatic N) is 1. The highest BCUT2D eigenvalue weighted by molar-refractivity contribution is 7.45. The maximum Gasteiger partial charge on any atom is 0.306 e. The summed E-state index contributed by atoms with van der Waals surface area (Å²) in [6.45, 7) is 6.67. The fourth-order valence-electron chi connectivity index (χ4n) is 8.65. The van der Waals surface area contributed by atoms with E-state index in [4.69, 9.17) is 13.8 Å². The number of ether oxygens (including phenoxy) is 1. The fraction of sp³-hybridized carbons (Fsp3) is 0.731. The number of unbranched alkanes of at least 4 members (excludes halogenated alkanes) is 26. The van der Waals surface area contributed by atoms with Gasteiger partial charge in [0.15, 0.2) is 0 Å². The van der Waals surface area contributed by atoms with Gasteiger partial charge in [0, 0.05) is 12.8 Å². The molecule has 1 amide bonds. The molecule has 0 aromatic carbocycles.